The lowest BCUT2D eigenvalue weighted by Gasteiger charge is -2.11. The predicted molar refractivity (Wildman–Crippen MR) is 89.9 cm³/mol. The molecule has 0 aromatic heterocycles. The van der Waals surface area contributed by atoms with Crippen LogP contribution in [-0.2, 0) is 4.79 Å². The number of para-hydroxylation sites is 1. The second-order valence-electron chi connectivity index (χ2n) is 5.02. The van der Waals surface area contributed by atoms with Crippen LogP contribution < -0.4 is 10.1 Å². The van der Waals surface area contributed by atoms with Gasteiger partial charge in [-0.1, -0.05) is 48.5 Å². The Bertz CT molecular complexity index is 844. The van der Waals surface area contributed by atoms with Gasteiger partial charge in [0.1, 0.15) is 5.75 Å². The molecule has 0 saturated heterocycles. The fourth-order valence-electron chi connectivity index (χ4n) is 2.38. The fourth-order valence-corrected chi connectivity index (χ4v) is 2.38. The van der Waals surface area contributed by atoms with Gasteiger partial charge in [0.2, 0.25) is 0 Å². The van der Waals surface area contributed by atoms with Gasteiger partial charge in [0, 0.05) is 5.69 Å². The first-order valence-corrected chi connectivity index (χ1v) is 7.22. The van der Waals surface area contributed by atoms with Crippen LogP contribution in [0, 0.1) is 0 Å². The first kappa shape index (κ1) is 14.8. The molecule has 0 aliphatic heterocycles. The van der Waals surface area contributed by atoms with Crippen molar-refractivity contribution < 1.29 is 14.3 Å². The summed E-state index contributed by atoms with van der Waals surface area (Å²) < 4.78 is 5.53. The molecule has 23 heavy (non-hydrogen) atoms. The van der Waals surface area contributed by atoms with Crippen LogP contribution >= 0.6 is 0 Å². The molecule has 0 aliphatic carbocycles. The summed E-state index contributed by atoms with van der Waals surface area (Å²) >= 11 is 0. The number of fused-ring (bicyclic) bond motifs is 1. The molecule has 1 amide bonds. The fraction of sp³-hybridized carbons (Fsp3) is 0.0526. The number of nitrogens with one attached hydrogen (secondary N) is 1. The minimum Gasteiger partial charge on any atom is -0.483 e. The molecule has 0 bridgehead atoms. The maximum absolute atomic E-state index is 11.9. The Kier molecular flexibility index (Phi) is 4.34. The molecule has 3 rings (SSSR count). The predicted octanol–water partition coefficient (Wildman–Crippen LogP) is 3.67. The van der Waals surface area contributed by atoms with E-state index < -0.39 is 0 Å². The first-order valence-electron chi connectivity index (χ1n) is 7.22. The van der Waals surface area contributed by atoms with E-state index in [1.54, 1.807) is 18.2 Å². The van der Waals surface area contributed by atoms with Crippen LogP contribution in [0.25, 0.3) is 10.8 Å². The molecule has 3 aromatic rings. The number of anilines is 1. The van der Waals surface area contributed by atoms with Crippen LogP contribution in [0.15, 0.2) is 66.7 Å². The zero-order chi connectivity index (χ0) is 16.1. The Hall–Kier alpha value is -3.14. The molecule has 3 aromatic carbocycles. The summed E-state index contributed by atoms with van der Waals surface area (Å²) in [6.07, 6.45) is 0.757. The summed E-state index contributed by atoms with van der Waals surface area (Å²) in [6, 6.07) is 20.3. The molecule has 0 fully saturated rings. The molecule has 0 aliphatic rings. The second kappa shape index (κ2) is 6.75. The van der Waals surface area contributed by atoms with Gasteiger partial charge in [-0.25, -0.2) is 0 Å². The van der Waals surface area contributed by atoms with Gasteiger partial charge in [0.15, 0.2) is 12.9 Å². The molecule has 4 nitrogen and oxygen atoms in total. The SMILES string of the molecule is O=Cc1c(OCC(=O)Nc2ccccc2)ccc2ccccc12. The lowest BCUT2D eigenvalue weighted by Crippen LogP contribution is -2.20. The molecule has 4 heteroatoms. The van der Waals surface area contributed by atoms with E-state index in [1.165, 1.54) is 0 Å². The minimum atomic E-state index is -0.277. The number of benzene rings is 3. The van der Waals surface area contributed by atoms with Crippen molar-refractivity contribution in [1.82, 2.24) is 0 Å². The maximum Gasteiger partial charge on any atom is 0.262 e. The summed E-state index contributed by atoms with van der Waals surface area (Å²) in [4.78, 5) is 23.3. The Morgan fingerprint density at radius 3 is 2.48 bits per heavy atom. The average Bonchev–Trinajstić information content (AvgIpc) is 2.60. The van der Waals surface area contributed by atoms with Crippen molar-refractivity contribution in [2.24, 2.45) is 0 Å². The van der Waals surface area contributed by atoms with Crippen LogP contribution in [0.5, 0.6) is 5.75 Å². The highest BCUT2D eigenvalue weighted by molar-refractivity contribution is 6.01. The Balaban J connectivity index is 1.74. The lowest BCUT2D eigenvalue weighted by atomic mass is 10.0. The smallest absolute Gasteiger partial charge is 0.262 e. The third-order valence-electron chi connectivity index (χ3n) is 3.46. The third-order valence-corrected chi connectivity index (χ3v) is 3.46. The minimum absolute atomic E-state index is 0.159. The van der Waals surface area contributed by atoms with E-state index in [-0.39, 0.29) is 12.5 Å². The van der Waals surface area contributed by atoms with Crippen molar-refractivity contribution in [3.63, 3.8) is 0 Å². The summed E-state index contributed by atoms with van der Waals surface area (Å²) in [5.41, 5.74) is 1.16. The number of carbonyl (C=O) groups is 2. The van der Waals surface area contributed by atoms with Gasteiger partial charge in [-0.2, -0.15) is 0 Å². The number of hydrogen-bond acceptors (Lipinski definition) is 3. The zero-order valence-corrected chi connectivity index (χ0v) is 12.4. The lowest BCUT2D eigenvalue weighted by molar-refractivity contribution is -0.118. The van der Waals surface area contributed by atoms with Gasteiger partial charge in [-0.3, -0.25) is 9.59 Å². The summed E-state index contributed by atoms with van der Waals surface area (Å²) in [5.74, 6) is 0.128. The van der Waals surface area contributed by atoms with Gasteiger partial charge in [0.05, 0.1) is 5.56 Å². The molecule has 0 heterocycles. The van der Waals surface area contributed by atoms with Crippen molar-refractivity contribution in [2.75, 3.05) is 11.9 Å². The number of aldehydes is 1. The second-order valence-corrected chi connectivity index (χ2v) is 5.02. The highest BCUT2D eigenvalue weighted by Gasteiger charge is 2.10. The molecule has 0 spiro atoms. The van der Waals surface area contributed by atoms with Crippen LogP contribution in [0.1, 0.15) is 10.4 Å². The zero-order valence-electron chi connectivity index (χ0n) is 12.4. The Labute approximate surface area is 133 Å². The summed E-state index contributed by atoms with van der Waals surface area (Å²) in [7, 11) is 0. The topological polar surface area (TPSA) is 55.4 Å². The van der Waals surface area contributed by atoms with Crippen molar-refractivity contribution in [3.05, 3.63) is 72.3 Å². The van der Waals surface area contributed by atoms with Crippen molar-refractivity contribution in [2.45, 2.75) is 0 Å². The van der Waals surface area contributed by atoms with E-state index >= 15 is 0 Å². The normalized spacial score (nSPS) is 10.3. The van der Waals surface area contributed by atoms with Gasteiger partial charge in [-0.15, -0.1) is 0 Å². The first-order chi connectivity index (χ1) is 11.3. The molecular formula is C19H15NO3. The summed E-state index contributed by atoms with van der Waals surface area (Å²) in [5, 5.41) is 4.50. The van der Waals surface area contributed by atoms with Gasteiger partial charge in [0.25, 0.3) is 5.91 Å². The molecule has 0 radical (unpaired) electrons. The third kappa shape index (κ3) is 3.37. The maximum atomic E-state index is 11.9. The van der Waals surface area contributed by atoms with Crippen LogP contribution in [0.2, 0.25) is 0 Å². The van der Waals surface area contributed by atoms with Crippen molar-refractivity contribution >= 4 is 28.7 Å². The largest absolute Gasteiger partial charge is 0.483 e. The number of ether oxygens (including phenoxy) is 1. The molecular weight excluding hydrogens is 290 g/mol. The molecule has 114 valence electrons. The van der Waals surface area contributed by atoms with E-state index in [9.17, 15) is 9.59 Å². The number of rotatable bonds is 5. The van der Waals surface area contributed by atoms with Crippen LogP contribution in [0.4, 0.5) is 5.69 Å². The number of hydrogen-bond donors (Lipinski definition) is 1. The van der Waals surface area contributed by atoms with E-state index in [0.717, 1.165) is 17.1 Å². The number of amides is 1. The van der Waals surface area contributed by atoms with Crippen molar-refractivity contribution in [1.29, 1.82) is 0 Å². The van der Waals surface area contributed by atoms with Gasteiger partial charge >= 0.3 is 0 Å². The molecule has 0 unspecified atom stereocenters. The highest BCUT2D eigenvalue weighted by Crippen LogP contribution is 2.26. The van der Waals surface area contributed by atoms with Crippen LogP contribution in [0.3, 0.4) is 0 Å². The molecule has 1 N–H and O–H groups in total. The number of carbonyl (C=O) groups excluding carboxylic acids is 2. The monoisotopic (exact) mass is 305 g/mol. The molecule has 0 saturated carbocycles. The average molecular weight is 305 g/mol. The quantitative estimate of drug-likeness (QED) is 0.732. The van der Waals surface area contributed by atoms with Gasteiger partial charge < -0.3 is 10.1 Å². The standard InChI is InChI=1S/C19H15NO3/c21-12-17-16-9-5-4-6-14(16)10-11-18(17)23-13-19(22)20-15-7-2-1-3-8-15/h1-12H,13H2,(H,20,22). The Morgan fingerprint density at radius 1 is 0.957 bits per heavy atom. The summed E-state index contributed by atoms with van der Waals surface area (Å²) in [6.45, 7) is -0.159. The highest BCUT2D eigenvalue weighted by atomic mass is 16.5. The molecule has 0 atom stereocenters. The van der Waals surface area contributed by atoms with Crippen LogP contribution in [-0.4, -0.2) is 18.8 Å². The van der Waals surface area contributed by atoms with Crippen molar-refractivity contribution in [3.8, 4) is 5.75 Å². The Morgan fingerprint density at radius 2 is 1.70 bits per heavy atom. The van der Waals surface area contributed by atoms with E-state index in [2.05, 4.69) is 5.32 Å². The van der Waals surface area contributed by atoms with E-state index in [0.29, 0.717) is 17.0 Å². The van der Waals surface area contributed by atoms with E-state index in [4.69, 9.17) is 4.74 Å². The van der Waals surface area contributed by atoms with E-state index in [1.807, 2.05) is 48.5 Å². The van der Waals surface area contributed by atoms with Gasteiger partial charge in [-0.05, 0) is 29.0 Å².